The Hall–Kier alpha value is -1.58. The fraction of sp³-hybridized carbons (Fsp3) is 0.857. The molecular weight excluding hydrogens is 568 g/mol. The Balaban J connectivity index is 3.69. The monoisotopic (exact) mass is 647 g/mol. The van der Waals surface area contributed by atoms with Crippen molar-refractivity contribution in [2.45, 2.75) is 232 Å². The zero-order chi connectivity index (χ0) is 33.6. The van der Waals surface area contributed by atoms with E-state index < -0.39 is 5.97 Å². The van der Waals surface area contributed by atoms with Crippen LogP contribution in [-0.2, 0) is 14.3 Å². The summed E-state index contributed by atoms with van der Waals surface area (Å²) < 4.78 is 5.83. The van der Waals surface area contributed by atoms with Crippen LogP contribution in [0.15, 0.2) is 24.3 Å². The molecule has 0 saturated heterocycles. The van der Waals surface area contributed by atoms with Crippen LogP contribution in [0.5, 0.6) is 0 Å². The number of carbonyl (C=O) groups excluding carboxylic acids is 1. The molecule has 0 aliphatic carbocycles. The molecule has 1 N–H and O–H groups in total. The van der Waals surface area contributed by atoms with Crippen LogP contribution < -0.4 is 0 Å². The molecule has 0 aliphatic heterocycles. The SMILES string of the molecule is CCC/C=C\C/C=C\C(CCCCCCC(=O)O)OC(=O)CCCCCCCCCCCCCCCCCCCCCCCCC. The Morgan fingerprint density at radius 1 is 0.500 bits per heavy atom. The number of allylic oxidation sites excluding steroid dienone is 3. The van der Waals surface area contributed by atoms with Gasteiger partial charge in [-0.15, -0.1) is 0 Å². The van der Waals surface area contributed by atoms with E-state index in [9.17, 15) is 9.59 Å². The van der Waals surface area contributed by atoms with Gasteiger partial charge in [-0.05, 0) is 44.6 Å². The van der Waals surface area contributed by atoms with E-state index in [4.69, 9.17) is 9.84 Å². The lowest BCUT2D eigenvalue weighted by molar-refractivity contribution is -0.147. The number of hydrogen-bond acceptors (Lipinski definition) is 3. The molecule has 46 heavy (non-hydrogen) atoms. The van der Waals surface area contributed by atoms with Gasteiger partial charge >= 0.3 is 11.9 Å². The quantitative estimate of drug-likeness (QED) is 0.0414. The maximum absolute atomic E-state index is 12.5. The predicted molar refractivity (Wildman–Crippen MR) is 200 cm³/mol. The largest absolute Gasteiger partial charge is 0.481 e. The van der Waals surface area contributed by atoms with Gasteiger partial charge in [0, 0.05) is 12.8 Å². The van der Waals surface area contributed by atoms with Crippen molar-refractivity contribution in [3.05, 3.63) is 24.3 Å². The van der Waals surface area contributed by atoms with Gasteiger partial charge in [0.15, 0.2) is 0 Å². The zero-order valence-electron chi connectivity index (χ0n) is 30.9. The molecule has 0 aromatic heterocycles. The molecule has 1 atom stereocenters. The summed E-state index contributed by atoms with van der Waals surface area (Å²) in [6, 6.07) is 0. The fourth-order valence-electron chi connectivity index (χ4n) is 6.14. The van der Waals surface area contributed by atoms with Crippen molar-refractivity contribution >= 4 is 11.9 Å². The Bertz CT molecular complexity index is 698. The second-order valence-electron chi connectivity index (χ2n) is 13.8. The number of rotatable bonds is 37. The van der Waals surface area contributed by atoms with Crippen LogP contribution in [0.1, 0.15) is 226 Å². The lowest BCUT2D eigenvalue weighted by Gasteiger charge is -2.14. The Kier molecular flexibility index (Phi) is 36.6. The van der Waals surface area contributed by atoms with Gasteiger partial charge in [-0.3, -0.25) is 9.59 Å². The van der Waals surface area contributed by atoms with Crippen LogP contribution in [0, 0.1) is 0 Å². The van der Waals surface area contributed by atoms with Gasteiger partial charge < -0.3 is 9.84 Å². The normalized spacial score (nSPS) is 12.4. The Labute approximate surface area is 287 Å². The maximum atomic E-state index is 12.5. The van der Waals surface area contributed by atoms with Crippen LogP contribution in [0.4, 0.5) is 0 Å². The standard InChI is InChI=1S/C42H78O4/c1-3-5-7-9-11-12-13-14-15-16-17-18-19-20-21-22-23-24-25-26-27-29-35-39-42(45)46-40(36-32-28-10-8-6-4-2)37-33-30-31-34-38-41(43)44/h8,10,32,36,40H,3-7,9,11-31,33-35,37-39H2,1-2H3,(H,43,44)/b10-8-,36-32-. The van der Waals surface area contributed by atoms with E-state index in [2.05, 4.69) is 32.1 Å². The summed E-state index contributed by atoms with van der Waals surface area (Å²) in [5.74, 6) is -0.804. The number of carboxylic acids is 1. The lowest BCUT2D eigenvalue weighted by Crippen LogP contribution is -2.16. The molecule has 4 nitrogen and oxygen atoms in total. The minimum absolute atomic E-state index is 0.0782. The van der Waals surface area contributed by atoms with Crippen LogP contribution >= 0.6 is 0 Å². The molecule has 0 rings (SSSR count). The van der Waals surface area contributed by atoms with E-state index in [-0.39, 0.29) is 18.5 Å². The topological polar surface area (TPSA) is 63.6 Å². The van der Waals surface area contributed by atoms with Gasteiger partial charge in [0.2, 0.25) is 0 Å². The van der Waals surface area contributed by atoms with Crippen molar-refractivity contribution in [2.75, 3.05) is 0 Å². The number of unbranched alkanes of at least 4 members (excludes halogenated alkanes) is 26. The molecule has 0 spiro atoms. The smallest absolute Gasteiger partial charge is 0.306 e. The van der Waals surface area contributed by atoms with Gasteiger partial charge in [-0.2, -0.15) is 0 Å². The molecule has 0 fully saturated rings. The molecule has 0 aromatic rings. The maximum Gasteiger partial charge on any atom is 0.306 e. The fourth-order valence-corrected chi connectivity index (χ4v) is 6.14. The number of aliphatic carboxylic acids is 1. The molecule has 4 heteroatoms. The van der Waals surface area contributed by atoms with E-state index in [1.54, 1.807) is 0 Å². The van der Waals surface area contributed by atoms with Crippen LogP contribution in [0.25, 0.3) is 0 Å². The third-order valence-corrected chi connectivity index (χ3v) is 9.14. The highest BCUT2D eigenvalue weighted by molar-refractivity contribution is 5.69. The van der Waals surface area contributed by atoms with Gasteiger partial charge in [-0.1, -0.05) is 193 Å². The van der Waals surface area contributed by atoms with E-state index >= 15 is 0 Å². The van der Waals surface area contributed by atoms with Gasteiger partial charge in [0.05, 0.1) is 0 Å². The first-order valence-electron chi connectivity index (χ1n) is 20.3. The van der Waals surface area contributed by atoms with Gasteiger partial charge in [0.1, 0.15) is 6.10 Å². The molecule has 0 aliphatic rings. The highest BCUT2D eigenvalue weighted by atomic mass is 16.5. The van der Waals surface area contributed by atoms with Crippen molar-refractivity contribution < 1.29 is 19.4 Å². The average Bonchev–Trinajstić information content (AvgIpc) is 3.04. The van der Waals surface area contributed by atoms with Crippen molar-refractivity contribution in [1.29, 1.82) is 0 Å². The Morgan fingerprint density at radius 2 is 0.913 bits per heavy atom. The van der Waals surface area contributed by atoms with Crippen molar-refractivity contribution in [1.82, 2.24) is 0 Å². The molecular formula is C42H78O4. The molecule has 0 aromatic carbocycles. The third-order valence-electron chi connectivity index (χ3n) is 9.14. The predicted octanol–water partition coefficient (Wildman–Crippen LogP) is 14.0. The van der Waals surface area contributed by atoms with Crippen molar-refractivity contribution in [3.8, 4) is 0 Å². The van der Waals surface area contributed by atoms with Gasteiger partial charge in [-0.25, -0.2) is 0 Å². The summed E-state index contributed by atoms with van der Waals surface area (Å²) in [5, 5.41) is 8.80. The summed E-state index contributed by atoms with van der Waals surface area (Å²) in [6.07, 6.45) is 48.2. The van der Waals surface area contributed by atoms with Crippen molar-refractivity contribution in [2.24, 2.45) is 0 Å². The highest BCUT2D eigenvalue weighted by Gasteiger charge is 2.11. The lowest BCUT2D eigenvalue weighted by atomic mass is 10.0. The van der Waals surface area contributed by atoms with Crippen LogP contribution in [-0.4, -0.2) is 23.1 Å². The van der Waals surface area contributed by atoms with Gasteiger partial charge in [0.25, 0.3) is 0 Å². The average molecular weight is 647 g/mol. The Morgan fingerprint density at radius 3 is 1.35 bits per heavy atom. The third kappa shape index (κ3) is 36.9. The number of hydrogen-bond donors (Lipinski definition) is 1. The summed E-state index contributed by atoms with van der Waals surface area (Å²) >= 11 is 0. The number of esters is 1. The minimum atomic E-state index is -0.726. The van der Waals surface area contributed by atoms with Crippen LogP contribution in [0.3, 0.4) is 0 Å². The first-order chi connectivity index (χ1) is 22.6. The molecule has 0 amide bonds. The minimum Gasteiger partial charge on any atom is -0.481 e. The molecule has 270 valence electrons. The second kappa shape index (κ2) is 37.9. The van der Waals surface area contributed by atoms with Crippen LogP contribution in [0.2, 0.25) is 0 Å². The second-order valence-corrected chi connectivity index (χ2v) is 13.8. The summed E-state index contributed by atoms with van der Waals surface area (Å²) in [4.78, 5) is 23.2. The first kappa shape index (κ1) is 44.4. The molecule has 0 bridgehead atoms. The summed E-state index contributed by atoms with van der Waals surface area (Å²) in [5.41, 5.74) is 0. The molecule has 0 heterocycles. The highest BCUT2D eigenvalue weighted by Crippen LogP contribution is 2.17. The van der Waals surface area contributed by atoms with E-state index in [1.807, 2.05) is 6.08 Å². The van der Waals surface area contributed by atoms with Crippen molar-refractivity contribution in [3.63, 3.8) is 0 Å². The zero-order valence-corrected chi connectivity index (χ0v) is 30.9. The number of carbonyl (C=O) groups is 2. The molecule has 1 unspecified atom stereocenters. The molecule has 0 radical (unpaired) electrons. The van der Waals surface area contributed by atoms with E-state index in [1.165, 1.54) is 135 Å². The first-order valence-corrected chi connectivity index (χ1v) is 20.3. The summed E-state index contributed by atoms with van der Waals surface area (Å²) in [6.45, 7) is 4.47. The number of ether oxygens (including phenoxy) is 1. The number of carboxylic acid groups (broad SMARTS) is 1. The van der Waals surface area contributed by atoms with E-state index in [0.717, 1.165) is 64.2 Å². The molecule has 0 saturated carbocycles. The van der Waals surface area contributed by atoms with E-state index in [0.29, 0.717) is 6.42 Å². The summed E-state index contributed by atoms with van der Waals surface area (Å²) in [7, 11) is 0.